The standard InChI is InChI=1S/C12H15NO3/c1-7(12(14)15)9-4-5-16-11-3-2-8(13)6-10(9)11/h2-3,6-7,9H,4-5,13H2,1H3,(H,14,15). The number of carbonyl (C=O) groups is 1. The lowest BCUT2D eigenvalue weighted by atomic mass is 9.83. The van der Waals surface area contributed by atoms with E-state index in [1.54, 1.807) is 13.0 Å². The molecule has 0 aromatic heterocycles. The molecule has 1 aliphatic heterocycles. The number of hydrogen-bond donors (Lipinski definition) is 2. The monoisotopic (exact) mass is 221 g/mol. The number of nitrogens with two attached hydrogens (primary N) is 1. The number of anilines is 1. The summed E-state index contributed by atoms with van der Waals surface area (Å²) in [4.78, 5) is 11.0. The van der Waals surface area contributed by atoms with Crippen molar-refractivity contribution >= 4 is 11.7 Å². The van der Waals surface area contributed by atoms with Gasteiger partial charge in [0.25, 0.3) is 0 Å². The van der Waals surface area contributed by atoms with Crippen LogP contribution in [0.1, 0.15) is 24.8 Å². The first-order valence-electron chi connectivity index (χ1n) is 5.34. The highest BCUT2D eigenvalue weighted by molar-refractivity contribution is 5.71. The smallest absolute Gasteiger partial charge is 0.306 e. The third kappa shape index (κ3) is 1.83. The van der Waals surface area contributed by atoms with Crippen LogP contribution in [0.3, 0.4) is 0 Å². The molecule has 0 spiro atoms. The van der Waals surface area contributed by atoms with Crippen molar-refractivity contribution in [3.05, 3.63) is 23.8 Å². The Bertz CT molecular complexity index is 417. The van der Waals surface area contributed by atoms with Crippen LogP contribution in [0.4, 0.5) is 5.69 Å². The van der Waals surface area contributed by atoms with E-state index in [9.17, 15) is 4.79 Å². The van der Waals surface area contributed by atoms with Crippen LogP contribution in [-0.2, 0) is 4.79 Å². The Kier molecular flexibility index (Phi) is 2.73. The molecule has 3 N–H and O–H groups in total. The van der Waals surface area contributed by atoms with Gasteiger partial charge < -0.3 is 15.6 Å². The van der Waals surface area contributed by atoms with Gasteiger partial charge in [0.15, 0.2) is 0 Å². The fraction of sp³-hybridized carbons (Fsp3) is 0.417. The first-order valence-corrected chi connectivity index (χ1v) is 5.34. The minimum absolute atomic E-state index is 0.00949. The Morgan fingerprint density at radius 1 is 1.62 bits per heavy atom. The molecule has 16 heavy (non-hydrogen) atoms. The summed E-state index contributed by atoms with van der Waals surface area (Å²) in [6.07, 6.45) is 0.726. The fourth-order valence-electron chi connectivity index (χ4n) is 2.13. The topological polar surface area (TPSA) is 72.5 Å². The van der Waals surface area contributed by atoms with E-state index in [4.69, 9.17) is 15.6 Å². The van der Waals surface area contributed by atoms with Gasteiger partial charge in [-0.2, -0.15) is 0 Å². The molecule has 86 valence electrons. The van der Waals surface area contributed by atoms with E-state index in [1.807, 2.05) is 12.1 Å². The summed E-state index contributed by atoms with van der Waals surface area (Å²) in [7, 11) is 0. The molecule has 1 aromatic rings. The maximum atomic E-state index is 11.0. The summed E-state index contributed by atoms with van der Waals surface area (Å²) in [5.74, 6) is -0.437. The van der Waals surface area contributed by atoms with Crippen molar-refractivity contribution in [1.29, 1.82) is 0 Å². The molecule has 0 bridgehead atoms. The number of hydrogen-bond acceptors (Lipinski definition) is 3. The molecule has 0 radical (unpaired) electrons. The second kappa shape index (κ2) is 4.04. The van der Waals surface area contributed by atoms with Crippen LogP contribution in [0, 0.1) is 5.92 Å². The Balaban J connectivity index is 2.38. The summed E-state index contributed by atoms with van der Waals surface area (Å²) in [6, 6.07) is 5.40. The maximum absolute atomic E-state index is 11.0. The van der Waals surface area contributed by atoms with Crippen molar-refractivity contribution in [2.24, 2.45) is 5.92 Å². The lowest BCUT2D eigenvalue weighted by molar-refractivity contribution is -0.142. The molecule has 2 rings (SSSR count). The summed E-state index contributed by atoms with van der Waals surface area (Å²) in [5.41, 5.74) is 7.28. The third-order valence-electron chi connectivity index (χ3n) is 3.11. The molecule has 0 saturated heterocycles. The molecular formula is C12H15NO3. The highest BCUT2D eigenvalue weighted by atomic mass is 16.5. The summed E-state index contributed by atoms with van der Waals surface area (Å²) in [6.45, 7) is 2.30. The van der Waals surface area contributed by atoms with E-state index in [0.717, 1.165) is 17.7 Å². The first-order chi connectivity index (χ1) is 7.59. The van der Waals surface area contributed by atoms with Crippen LogP contribution >= 0.6 is 0 Å². The zero-order valence-corrected chi connectivity index (χ0v) is 9.14. The van der Waals surface area contributed by atoms with Crippen molar-refractivity contribution in [3.63, 3.8) is 0 Å². The average molecular weight is 221 g/mol. The summed E-state index contributed by atoms with van der Waals surface area (Å²) in [5, 5.41) is 9.06. The number of fused-ring (bicyclic) bond motifs is 1. The van der Waals surface area contributed by atoms with Gasteiger partial charge in [-0.3, -0.25) is 4.79 Å². The molecule has 1 heterocycles. The third-order valence-corrected chi connectivity index (χ3v) is 3.11. The normalized spacial score (nSPS) is 20.7. The zero-order valence-electron chi connectivity index (χ0n) is 9.14. The SMILES string of the molecule is CC(C(=O)O)C1CCOc2ccc(N)cc21. The highest BCUT2D eigenvalue weighted by Crippen LogP contribution is 2.39. The van der Waals surface area contributed by atoms with Gasteiger partial charge in [0, 0.05) is 17.2 Å². The lowest BCUT2D eigenvalue weighted by Gasteiger charge is -2.28. The number of carboxylic acid groups (broad SMARTS) is 1. The number of nitrogen functional groups attached to an aromatic ring is 1. The molecular weight excluding hydrogens is 206 g/mol. The van der Waals surface area contributed by atoms with Gasteiger partial charge in [0.2, 0.25) is 0 Å². The predicted molar refractivity (Wildman–Crippen MR) is 60.5 cm³/mol. The Morgan fingerprint density at radius 2 is 2.38 bits per heavy atom. The van der Waals surface area contributed by atoms with E-state index < -0.39 is 11.9 Å². The minimum atomic E-state index is -0.778. The van der Waals surface area contributed by atoms with E-state index in [2.05, 4.69) is 0 Å². The second-order valence-electron chi connectivity index (χ2n) is 4.17. The zero-order chi connectivity index (χ0) is 11.7. The van der Waals surface area contributed by atoms with Crippen molar-refractivity contribution in [3.8, 4) is 5.75 Å². The molecule has 0 fully saturated rings. The van der Waals surface area contributed by atoms with Gasteiger partial charge in [0.1, 0.15) is 5.75 Å². The molecule has 0 saturated carbocycles. The molecule has 2 unspecified atom stereocenters. The number of aliphatic carboxylic acids is 1. The minimum Gasteiger partial charge on any atom is -0.493 e. The predicted octanol–water partition coefficient (Wildman–Crippen LogP) is 1.86. The quantitative estimate of drug-likeness (QED) is 0.747. The van der Waals surface area contributed by atoms with Crippen molar-refractivity contribution < 1.29 is 14.6 Å². The van der Waals surface area contributed by atoms with Gasteiger partial charge in [-0.25, -0.2) is 0 Å². The second-order valence-corrected chi connectivity index (χ2v) is 4.17. The fourth-order valence-corrected chi connectivity index (χ4v) is 2.13. The van der Waals surface area contributed by atoms with Crippen molar-refractivity contribution in [1.82, 2.24) is 0 Å². The molecule has 0 aliphatic carbocycles. The Labute approximate surface area is 94.0 Å². The Morgan fingerprint density at radius 3 is 3.06 bits per heavy atom. The molecule has 0 amide bonds. The Hall–Kier alpha value is -1.71. The molecule has 4 nitrogen and oxygen atoms in total. The van der Waals surface area contributed by atoms with E-state index in [-0.39, 0.29) is 5.92 Å². The summed E-state index contributed by atoms with van der Waals surface area (Å²) < 4.78 is 5.49. The van der Waals surface area contributed by atoms with Crippen LogP contribution in [-0.4, -0.2) is 17.7 Å². The van der Waals surface area contributed by atoms with Crippen LogP contribution in [0.5, 0.6) is 5.75 Å². The van der Waals surface area contributed by atoms with Crippen LogP contribution < -0.4 is 10.5 Å². The number of ether oxygens (including phenoxy) is 1. The number of benzene rings is 1. The van der Waals surface area contributed by atoms with E-state index in [1.165, 1.54) is 0 Å². The van der Waals surface area contributed by atoms with Gasteiger partial charge >= 0.3 is 5.97 Å². The molecule has 2 atom stereocenters. The van der Waals surface area contributed by atoms with Gasteiger partial charge in [-0.15, -0.1) is 0 Å². The van der Waals surface area contributed by atoms with Gasteiger partial charge in [-0.05, 0) is 24.6 Å². The average Bonchev–Trinajstić information content (AvgIpc) is 2.27. The molecule has 1 aromatic carbocycles. The molecule has 4 heteroatoms. The number of rotatable bonds is 2. The lowest BCUT2D eigenvalue weighted by Crippen LogP contribution is -2.24. The number of carboxylic acids is 1. The largest absolute Gasteiger partial charge is 0.493 e. The highest BCUT2D eigenvalue weighted by Gasteiger charge is 2.30. The van der Waals surface area contributed by atoms with Crippen LogP contribution in [0.25, 0.3) is 0 Å². The van der Waals surface area contributed by atoms with Crippen molar-refractivity contribution in [2.45, 2.75) is 19.3 Å². The van der Waals surface area contributed by atoms with E-state index in [0.29, 0.717) is 12.3 Å². The van der Waals surface area contributed by atoms with Gasteiger partial charge in [0.05, 0.1) is 12.5 Å². The van der Waals surface area contributed by atoms with Gasteiger partial charge in [-0.1, -0.05) is 6.92 Å². The summed E-state index contributed by atoms with van der Waals surface area (Å²) >= 11 is 0. The maximum Gasteiger partial charge on any atom is 0.306 e. The van der Waals surface area contributed by atoms with E-state index >= 15 is 0 Å². The van der Waals surface area contributed by atoms with Crippen LogP contribution in [0.15, 0.2) is 18.2 Å². The van der Waals surface area contributed by atoms with Crippen LogP contribution in [0.2, 0.25) is 0 Å². The first kappa shape index (κ1) is 10.8. The molecule has 1 aliphatic rings. The van der Waals surface area contributed by atoms with Crippen molar-refractivity contribution in [2.75, 3.05) is 12.3 Å².